The predicted molar refractivity (Wildman–Crippen MR) is 118 cm³/mol. The zero-order valence-electron chi connectivity index (χ0n) is 13.2. The molecule has 0 radical (unpaired) electrons. The summed E-state index contributed by atoms with van der Waals surface area (Å²) in [7, 11) is 0. The lowest BCUT2D eigenvalue weighted by Crippen LogP contribution is -1.89. The molecule has 0 atom stereocenters. The Hall–Kier alpha value is -1.08. The van der Waals surface area contributed by atoms with Gasteiger partial charge in [-0.1, -0.05) is 41.5 Å². The van der Waals surface area contributed by atoms with Crippen LogP contribution in [-0.4, -0.2) is 0 Å². The van der Waals surface area contributed by atoms with Gasteiger partial charge >= 0.3 is 0 Å². The van der Waals surface area contributed by atoms with E-state index < -0.39 is 0 Å². The zero-order chi connectivity index (χ0) is 16.7. The van der Waals surface area contributed by atoms with Crippen LogP contribution in [0.1, 0.15) is 11.1 Å². The number of halogens is 2. The van der Waals surface area contributed by atoms with Crippen LogP contribution in [-0.2, 0) is 0 Å². The van der Waals surface area contributed by atoms with Gasteiger partial charge in [0.05, 0.1) is 0 Å². The van der Waals surface area contributed by atoms with Gasteiger partial charge in [-0.15, -0.1) is 0 Å². The fraction of sp³-hybridized carbons (Fsp3) is 0.100. The van der Waals surface area contributed by atoms with Crippen LogP contribution in [0.4, 0.5) is 11.4 Å². The number of rotatable bonds is 2. The quantitative estimate of drug-likeness (QED) is 0.356. The fourth-order valence-corrected chi connectivity index (χ4v) is 3.58. The van der Waals surface area contributed by atoms with Gasteiger partial charge in [-0.2, -0.15) is 0 Å². The average molecular weight is 527 g/mol. The van der Waals surface area contributed by atoms with E-state index in [1.807, 2.05) is 0 Å². The van der Waals surface area contributed by atoms with Gasteiger partial charge in [-0.3, -0.25) is 0 Å². The van der Waals surface area contributed by atoms with Crippen molar-refractivity contribution in [3.05, 3.63) is 91.1 Å². The summed E-state index contributed by atoms with van der Waals surface area (Å²) < 4.78 is 2.60. The first-order valence-corrected chi connectivity index (χ1v) is 9.50. The van der Waals surface area contributed by atoms with Crippen LogP contribution in [0, 0.1) is 21.0 Å². The Kier molecular flexibility index (Phi) is 7.36. The first kappa shape index (κ1) is 18.3. The summed E-state index contributed by atoms with van der Waals surface area (Å²) in [6, 6.07) is 25.2. The fourth-order valence-electron chi connectivity index (χ4n) is 1.90. The summed E-state index contributed by atoms with van der Waals surface area (Å²) in [5.74, 6) is 0. The molecule has 0 amide bonds. The van der Waals surface area contributed by atoms with Gasteiger partial charge < -0.3 is 5.32 Å². The molecule has 3 heteroatoms. The van der Waals surface area contributed by atoms with Crippen molar-refractivity contribution >= 4 is 56.6 Å². The molecule has 0 saturated carbocycles. The van der Waals surface area contributed by atoms with E-state index >= 15 is 0 Å². The molecule has 0 saturated heterocycles. The molecule has 0 fully saturated rings. The second kappa shape index (κ2) is 9.27. The van der Waals surface area contributed by atoms with Crippen molar-refractivity contribution in [1.82, 2.24) is 0 Å². The summed E-state index contributed by atoms with van der Waals surface area (Å²) in [5, 5.41) is 3.36. The molecule has 0 spiro atoms. The van der Waals surface area contributed by atoms with Crippen molar-refractivity contribution in [2.75, 3.05) is 5.32 Å². The van der Waals surface area contributed by atoms with Crippen molar-refractivity contribution in [3.63, 3.8) is 0 Å². The zero-order valence-corrected chi connectivity index (χ0v) is 17.5. The molecule has 0 bridgehead atoms. The first-order valence-electron chi connectivity index (χ1n) is 7.34. The number of nitrogens with one attached hydrogen (secondary N) is 1. The van der Waals surface area contributed by atoms with Crippen LogP contribution >= 0.6 is 45.2 Å². The van der Waals surface area contributed by atoms with E-state index in [1.165, 1.54) is 18.3 Å². The van der Waals surface area contributed by atoms with Crippen molar-refractivity contribution in [2.45, 2.75) is 13.8 Å². The second-order valence-electron chi connectivity index (χ2n) is 5.30. The maximum absolute atomic E-state index is 3.36. The number of anilines is 2. The molecule has 1 N–H and O–H groups in total. The van der Waals surface area contributed by atoms with Gasteiger partial charge in [0, 0.05) is 18.5 Å². The number of hydrogen-bond donors (Lipinski definition) is 1. The Labute approximate surface area is 165 Å². The Morgan fingerprint density at radius 2 is 1.00 bits per heavy atom. The maximum atomic E-state index is 3.36. The van der Waals surface area contributed by atoms with Crippen LogP contribution in [0.5, 0.6) is 0 Å². The predicted octanol–water partition coefficient (Wildman–Crippen LogP) is 6.94. The van der Waals surface area contributed by atoms with Crippen LogP contribution in [0.25, 0.3) is 0 Å². The summed E-state index contributed by atoms with van der Waals surface area (Å²) in [4.78, 5) is 0. The minimum absolute atomic E-state index is 1.13. The second-order valence-corrected chi connectivity index (χ2v) is 7.79. The highest BCUT2D eigenvalue weighted by atomic mass is 127. The SMILES string of the molecule is Cc1ccc(Nc2ccc(C)cc2)cc1.Ic1cccc(I)c1. The highest BCUT2D eigenvalue weighted by Crippen LogP contribution is 2.17. The van der Waals surface area contributed by atoms with Gasteiger partial charge in [0.1, 0.15) is 0 Å². The van der Waals surface area contributed by atoms with E-state index in [4.69, 9.17) is 0 Å². The highest BCUT2D eigenvalue weighted by Gasteiger charge is 1.93. The largest absolute Gasteiger partial charge is 0.356 e. The molecule has 118 valence electrons. The van der Waals surface area contributed by atoms with Crippen LogP contribution in [0.3, 0.4) is 0 Å². The Morgan fingerprint density at radius 3 is 1.30 bits per heavy atom. The molecule has 0 aromatic heterocycles. The monoisotopic (exact) mass is 527 g/mol. The molecular weight excluding hydrogens is 508 g/mol. The third kappa shape index (κ3) is 6.91. The topological polar surface area (TPSA) is 12.0 Å². The van der Waals surface area contributed by atoms with E-state index in [1.54, 1.807) is 0 Å². The van der Waals surface area contributed by atoms with Crippen molar-refractivity contribution in [2.24, 2.45) is 0 Å². The summed E-state index contributed by atoms with van der Waals surface area (Å²) >= 11 is 4.60. The Balaban J connectivity index is 0.000000203. The van der Waals surface area contributed by atoms with Gasteiger partial charge in [-0.25, -0.2) is 0 Å². The minimum atomic E-state index is 1.13. The lowest BCUT2D eigenvalue weighted by molar-refractivity contribution is 1.43. The number of hydrogen-bond acceptors (Lipinski definition) is 1. The standard InChI is InChI=1S/C14H15N.C6H4I2/c1-11-3-7-13(8-4-11)15-14-9-5-12(2)6-10-14;7-5-2-1-3-6(8)4-5/h3-10,15H,1-2H3;1-4H. The summed E-state index contributed by atoms with van der Waals surface area (Å²) in [6.07, 6.45) is 0. The molecule has 23 heavy (non-hydrogen) atoms. The van der Waals surface area contributed by atoms with Gasteiger partial charge in [0.2, 0.25) is 0 Å². The molecular formula is C20H19I2N. The molecule has 1 nitrogen and oxygen atoms in total. The molecule has 3 aromatic carbocycles. The molecule has 0 aliphatic carbocycles. The van der Waals surface area contributed by atoms with E-state index in [9.17, 15) is 0 Å². The van der Waals surface area contributed by atoms with Crippen LogP contribution < -0.4 is 5.32 Å². The third-order valence-corrected chi connectivity index (χ3v) is 4.52. The molecule has 3 aromatic rings. The van der Waals surface area contributed by atoms with Crippen LogP contribution in [0.2, 0.25) is 0 Å². The van der Waals surface area contributed by atoms with E-state index in [0.717, 1.165) is 11.4 Å². The first-order chi connectivity index (χ1) is 11.0. The smallest absolute Gasteiger partial charge is 0.0384 e. The lowest BCUT2D eigenvalue weighted by Gasteiger charge is -2.06. The molecule has 0 aliphatic heterocycles. The summed E-state index contributed by atoms with van der Waals surface area (Å²) in [6.45, 7) is 4.19. The summed E-state index contributed by atoms with van der Waals surface area (Å²) in [5.41, 5.74) is 4.82. The Bertz CT molecular complexity index is 674. The van der Waals surface area contributed by atoms with Crippen molar-refractivity contribution in [1.29, 1.82) is 0 Å². The highest BCUT2D eigenvalue weighted by molar-refractivity contribution is 14.1. The minimum Gasteiger partial charge on any atom is -0.356 e. The third-order valence-electron chi connectivity index (χ3n) is 3.18. The molecule has 0 aliphatic rings. The van der Waals surface area contributed by atoms with E-state index in [0.29, 0.717) is 0 Å². The molecule has 0 heterocycles. The van der Waals surface area contributed by atoms with Gasteiger partial charge in [0.25, 0.3) is 0 Å². The van der Waals surface area contributed by atoms with Crippen molar-refractivity contribution in [3.8, 4) is 0 Å². The van der Waals surface area contributed by atoms with Crippen molar-refractivity contribution < 1.29 is 0 Å². The van der Waals surface area contributed by atoms with E-state index in [2.05, 4.69) is 137 Å². The number of aryl methyl sites for hydroxylation is 2. The molecule has 3 rings (SSSR count). The van der Waals surface area contributed by atoms with Crippen LogP contribution in [0.15, 0.2) is 72.8 Å². The molecule has 0 unspecified atom stereocenters. The van der Waals surface area contributed by atoms with Gasteiger partial charge in [-0.05, 0) is 101 Å². The normalized spacial score (nSPS) is 9.74. The van der Waals surface area contributed by atoms with E-state index in [-0.39, 0.29) is 0 Å². The number of benzene rings is 3. The maximum Gasteiger partial charge on any atom is 0.0384 e. The van der Waals surface area contributed by atoms with Gasteiger partial charge in [0.15, 0.2) is 0 Å². The lowest BCUT2D eigenvalue weighted by atomic mass is 10.2. The Morgan fingerprint density at radius 1 is 0.609 bits per heavy atom. The average Bonchev–Trinajstić information content (AvgIpc) is 2.52.